The second-order valence-corrected chi connectivity index (χ2v) is 7.28. The molecule has 0 aliphatic carbocycles. The molecule has 1 aliphatic rings. The van der Waals surface area contributed by atoms with Gasteiger partial charge in [-0.1, -0.05) is 29.3 Å². The molecule has 1 saturated heterocycles. The first-order valence-electron chi connectivity index (χ1n) is 8.86. The van der Waals surface area contributed by atoms with Crippen LogP contribution in [0.4, 0.5) is 10.5 Å². The molecule has 26 heavy (non-hydrogen) atoms. The number of imidazole rings is 1. The van der Waals surface area contributed by atoms with Gasteiger partial charge in [0.15, 0.2) is 0 Å². The van der Waals surface area contributed by atoms with Gasteiger partial charge in [-0.3, -0.25) is 0 Å². The maximum atomic E-state index is 12.5. The van der Waals surface area contributed by atoms with E-state index in [0.717, 1.165) is 48.5 Å². The van der Waals surface area contributed by atoms with E-state index in [1.54, 1.807) is 0 Å². The van der Waals surface area contributed by atoms with E-state index in [9.17, 15) is 4.79 Å². The predicted molar refractivity (Wildman–Crippen MR) is 105 cm³/mol. The first-order chi connectivity index (χ1) is 12.6. The standard InChI is InChI=1S/C20H21ClN4O/c1-13-2-5-16(6-3-13)22-20(26)25-10-8-14(9-11-25)19-23-17-7-4-15(21)12-18(17)24-19/h2-7,12,14H,8-11H2,1H3,(H,22,26)(H,23,24). The Morgan fingerprint density at radius 1 is 1.19 bits per heavy atom. The fourth-order valence-electron chi connectivity index (χ4n) is 3.39. The lowest BCUT2D eigenvalue weighted by atomic mass is 9.96. The first-order valence-corrected chi connectivity index (χ1v) is 9.24. The number of carbonyl (C=O) groups excluding carboxylic acids is 1. The van der Waals surface area contributed by atoms with Crippen LogP contribution in [-0.4, -0.2) is 34.0 Å². The van der Waals surface area contributed by atoms with Gasteiger partial charge in [-0.2, -0.15) is 0 Å². The van der Waals surface area contributed by atoms with Gasteiger partial charge in [-0.05, 0) is 50.1 Å². The number of piperidine rings is 1. The Bertz CT molecular complexity index is 927. The molecule has 3 aromatic rings. The average Bonchev–Trinajstić information content (AvgIpc) is 3.07. The number of aryl methyl sites for hydroxylation is 1. The van der Waals surface area contributed by atoms with E-state index < -0.39 is 0 Å². The lowest BCUT2D eigenvalue weighted by Crippen LogP contribution is -2.40. The van der Waals surface area contributed by atoms with Gasteiger partial charge in [0.1, 0.15) is 5.82 Å². The van der Waals surface area contributed by atoms with Gasteiger partial charge in [0.05, 0.1) is 11.0 Å². The van der Waals surface area contributed by atoms with Crippen molar-refractivity contribution < 1.29 is 4.79 Å². The molecule has 1 fully saturated rings. The van der Waals surface area contributed by atoms with Gasteiger partial charge in [0.2, 0.25) is 0 Å². The molecule has 2 amide bonds. The van der Waals surface area contributed by atoms with E-state index in [1.165, 1.54) is 5.56 Å². The maximum Gasteiger partial charge on any atom is 0.321 e. The summed E-state index contributed by atoms with van der Waals surface area (Å²) in [6.45, 7) is 3.47. The molecule has 1 aliphatic heterocycles. The maximum absolute atomic E-state index is 12.5. The summed E-state index contributed by atoms with van der Waals surface area (Å²) in [4.78, 5) is 22.4. The van der Waals surface area contributed by atoms with Crippen LogP contribution in [0, 0.1) is 6.92 Å². The third-order valence-corrected chi connectivity index (χ3v) is 5.17. The monoisotopic (exact) mass is 368 g/mol. The van der Waals surface area contributed by atoms with Crippen LogP contribution in [0.25, 0.3) is 11.0 Å². The lowest BCUT2D eigenvalue weighted by Gasteiger charge is -2.31. The van der Waals surface area contributed by atoms with E-state index >= 15 is 0 Å². The zero-order valence-corrected chi connectivity index (χ0v) is 15.4. The van der Waals surface area contributed by atoms with Crippen LogP contribution in [0.2, 0.25) is 5.02 Å². The van der Waals surface area contributed by atoms with Gasteiger partial charge in [-0.15, -0.1) is 0 Å². The summed E-state index contributed by atoms with van der Waals surface area (Å²) in [7, 11) is 0. The Balaban J connectivity index is 1.38. The molecule has 134 valence electrons. The molecule has 0 atom stereocenters. The smallest absolute Gasteiger partial charge is 0.321 e. The van der Waals surface area contributed by atoms with E-state index in [1.807, 2.05) is 54.3 Å². The Morgan fingerprint density at radius 3 is 2.65 bits per heavy atom. The Kier molecular flexibility index (Phi) is 4.55. The highest BCUT2D eigenvalue weighted by molar-refractivity contribution is 6.31. The molecule has 0 saturated carbocycles. The molecule has 1 aromatic heterocycles. The van der Waals surface area contributed by atoms with Crippen LogP contribution in [0.15, 0.2) is 42.5 Å². The summed E-state index contributed by atoms with van der Waals surface area (Å²) in [5, 5.41) is 3.67. The van der Waals surface area contributed by atoms with Crippen LogP contribution >= 0.6 is 11.6 Å². The summed E-state index contributed by atoms with van der Waals surface area (Å²) in [5.74, 6) is 1.32. The quantitative estimate of drug-likeness (QED) is 0.673. The van der Waals surface area contributed by atoms with Crippen molar-refractivity contribution in [3.63, 3.8) is 0 Å². The number of fused-ring (bicyclic) bond motifs is 1. The number of aromatic nitrogens is 2. The number of amides is 2. The third kappa shape index (κ3) is 3.53. The van der Waals surface area contributed by atoms with Crippen LogP contribution < -0.4 is 5.32 Å². The minimum atomic E-state index is -0.0382. The van der Waals surface area contributed by atoms with Gasteiger partial charge in [-0.25, -0.2) is 9.78 Å². The fraction of sp³-hybridized carbons (Fsp3) is 0.300. The topological polar surface area (TPSA) is 61.0 Å². The number of halogens is 1. The fourth-order valence-corrected chi connectivity index (χ4v) is 3.56. The van der Waals surface area contributed by atoms with E-state index in [4.69, 9.17) is 16.6 Å². The SMILES string of the molecule is Cc1ccc(NC(=O)N2CCC(c3nc4ccc(Cl)cc4[nH]3)CC2)cc1. The van der Waals surface area contributed by atoms with Crippen molar-refractivity contribution >= 4 is 34.4 Å². The molecule has 2 aromatic carbocycles. The third-order valence-electron chi connectivity index (χ3n) is 4.93. The molecule has 0 bridgehead atoms. The van der Waals surface area contributed by atoms with Crippen molar-refractivity contribution in [3.8, 4) is 0 Å². The Hall–Kier alpha value is -2.53. The highest BCUT2D eigenvalue weighted by Gasteiger charge is 2.25. The molecule has 6 heteroatoms. The molecule has 0 unspecified atom stereocenters. The summed E-state index contributed by atoms with van der Waals surface area (Å²) in [6, 6.07) is 13.5. The summed E-state index contributed by atoms with van der Waals surface area (Å²) < 4.78 is 0. The second kappa shape index (κ2) is 7.00. The number of carbonyl (C=O) groups is 1. The Labute approximate surface area is 157 Å². The number of urea groups is 1. The number of H-pyrrole nitrogens is 1. The molecular weight excluding hydrogens is 348 g/mol. The highest BCUT2D eigenvalue weighted by Crippen LogP contribution is 2.28. The van der Waals surface area contributed by atoms with Crippen LogP contribution in [-0.2, 0) is 0 Å². The van der Waals surface area contributed by atoms with Crippen molar-refractivity contribution in [1.82, 2.24) is 14.9 Å². The number of anilines is 1. The Morgan fingerprint density at radius 2 is 1.92 bits per heavy atom. The zero-order valence-electron chi connectivity index (χ0n) is 14.6. The number of hydrogen-bond donors (Lipinski definition) is 2. The number of benzene rings is 2. The molecule has 5 nitrogen and oxygen atoms in total. The molecule has 2 heterocycles. The molecule has 2 N–H and O–H groups in total. The van der Waals surface area contributed by atoms with Crippen LogP contribution in [0.5, 0.6) is 0 Å². The van der Waals surface area contributed by atoms with Gasteiger partial charge in [0.25, 0.3) is 0 Å². The van der Waals surface area contributed by atoms with Crippen molar-refractivity contribution in [2.24, 2.45) is 0 Å². The van der Waals surface area contributed by atoms with E-state index in [2.05, 4.69) is 10.3 Å². The molecule has 4 rings (SSSR count). The lowest BCUT2D eigenvalue weighted by molar-refractivity contribution is 0.193. The van der Waals surface area contributed by atoms with Crippen molar-refractivity contribution in [2.75, 3.05) is 18.4 Å². The van der Waals surface area contributed by atoms with Crippen LogP contribution in [0.1, 0.15) is 30.1 Å². The first kappa shape index (κ1) is 16.9. The number of nitrogens with one attached hydrogen (secondary N) is 2. The van der Waals surface area contributed by atoms with Gasteiger partial charge >= 0.3 is 6.03 Å². The highest BCUT2D eigenvalue weighted by atomic mass is 35.5. The summed E-state index contributed by atoms with van der Waals surface area (Å²) in [5.41, 5.74) is 3.91. The molecular formula is C20H21ClN4O. The van der Waals surface area contributed by atoms with Crippen molar-refractivity contribution in [3.05, 3.63) is 58.9 Å². The summed E-state index contributed by atoms with van der Waals surface area (Å²) in [6.07, 6.45) is 1.80. The van der Waals surface area contributed by atoms with Crippen molar-refractivity contribution in [2.45, 2.75) is 25.7 Å². The van der Waals surface area contributed by atoms with E-state index in [0.29, 0.717) is 10.9 Å². The normalized spacial score (nSPS) is 15.4. The summed E-state index contributed by atoms with van der Waals surface area (Å²) >= 11 is 6.04. The molecule has 0 spiro atoms. The van der Waals surface area contributed by atoms with Gasteiger partial charge in [0, 0.05) is 29.7 Å². The number of likely N-dealkylation sites (tertiary alicyclic amines) is 1. The number of aromatic amines is 1. The largest absolute Gasteiger partial charge is 0.342 e. The average molecular weight is 369 g/mol. The van der Waals surface area contributed by atoms with Crippen LogP contribution in [0.3, 0.4) is 0 Å². The zero-order chi connectivity index (χ0) is 18.1. The minimum Gasteiger partial charge on any atom is -0.342 e. The van der Waals surface area contributed by atoms with Gasteiger partial charge < -0.3 is 15.2 Å². The number of rotatable bonds is 2. The second-order valence-electron chi connectivity index (χ2n) is 6.84. The number of nitrogens with zero attached hydrogens (tertiary/aromatic N) is 2. The minimum absolute atomic E-state index is 0.0382. The predicted octanol–water partition coefficient (Wildman–Crippen LogP) is 4.94. The number of hydrogen-bond acceptors (Lipinski definition) is 2. The van der Waals surface area contributed by atoms with Crippen molar-refractivity contribution in [1.29, 1.82) is 0 Å². The molecule has 0 radical (unpaired) electrons. The van der Waals surface area contributed by atoms with E-state index in [-0.39, 0.29) is 6.03 Å².